The van der Waals surface area contributed by atoms with Crippen LogP contribution in [-0.2, 0) is 14.9 Å². The van der Waals surface area contributed by atoms with Crippen LogP contribution < -0.4 is 9.44 Å². The highest BCUT2D eigenvalue weighted by atomic mass is 32.2. The molecular weight excluding hydrogens is 363 g/mol. The molecule has 0 aromatic carbocycles. The van der Waals surface area contributed by atoms with Crippen molar-refractivity contribution in [1.82, 2.24) is 9.44 Å². The van der Waals surface area contributed by atoms with Crippen molar-refractivity contribution >= 4 is 10.2 Å². The molecule has 1 heterocycles. The molecule has 0 aliphatic carbocycles. The van der Waals surface area contributed by atoms with Crippen molar-refractivity contribution in [1.29, 1.82) is 0 Å². The van der Waals surface area contributed by atoms with Crippen LogP contribution in [0.2, 0.25) is 0 Å². The minimum absolute atomic E-state index is 0.281. The summed E-state index contributed by atoms with van der Waals surface area (Å²) >= 11 is 0. The maximum Gasteiger partial charge on any atom is 0.279 e. The van der Waals surface area contributed by atoms with Gasteiger partial charge in [-0.05, 0) is 6.42 Å². The van der Waals surface area contributed by atoms with Crippen LogP contribution in [0.3, 0.4) is 0 Å². The van der Waals surface area contributed by atoms with Gasteiger partial charge in [0.15, 0.2) is 6.23 Å². The minimum Gasteiger partial charge on any atom is -0.387 e. The van der Waals surface area contributed by atoms with Crippen molar-refractivity contribution in [3.63, 3.8) is 0 Å². The number of rotatable bonds is 15. The number of hydrogen-bond acceptors (Lipinski definition) is 5. The average molecular weight is 399 g/mol. The highest BCUT2D eigenvalue weighted by Crippen LogP contribution is 2.20. The fourth-order valence-electron chi connectivity index (χ4n) is 2.99. The van der Waals surface area contributed by atoms with Crippen LogP contribution in [0.25, 0.3) is 0 Å². The van der Waals surface area contributed by atoms with Gasteiger partial charge in [0.2, 0.25) is 0 Å². The van der Waals surface area contributed by atoms with E-state index in [2.05, 4.69) is 16.4 Å². The van der Waals surface area contributed by atoms with Crippen molar-refractivity contribution < 1.29 is 27.8 Å². The summed E-state index contributed by atoms with van der Waals surface area (Å²) in [6.45, 7) is 1.49. The first kappa shape index (κ1) is 23.7. The molecule has 4 N–H and O–H groups in total. The predicted molar refractivity (Wildman–Crippen MR) is 98.6 cm³/mol. The van der Waals surface area contributed by atoms with Crippen LogP contribution in [0.1, 0.15) is 71.1 Å². The third-order valence-electron chi connectivity index (χ3n) is 4.61. The van der Waals surface area contributed by atoms with Crippen LogP contribution in [0, 0.1) is 0 Å². The molecule has 0 aromatic rings. The third-order valence-corrected chi connectivity index (χ3v) is 5.73. The molecule has 7 nitrogen and oxygen atoms in total. The SMILES string of the molecule is CCCCCCCCCCCCNS(=O)(=O)NC1O[C@H](CF)[C@@H](O)[C@@H]1O. The Morgan fingerprint density at radius 2 is 1.46 bits per heavy atom. The molecule has 1 saturated heterocycles. The van der Waals surface area contributed by atoms with Gasteiger partial charge in [-0.2, -0.15) is 13.1 Å². The molecule has 26 heavy (non-hydrogen) atoms. The van der Waals surface area contributed by atoms with E-state index in [9.17, 15) is 23.0 Å². The molecule has 1 rings (SSSR count). The largest absolute Gasteiger partial charge is 0.387 e. The normalized spacial score (nSPS) is 26.5. The summed E-state index contributed by atoms with van der Waals surface area (Å²) < 4.78 is 45.8. The lowest BCUT2D eigenvalue weighted by Gasteiger charge is -2.16. The van der Waals surface area contributed by atoms with Gasteiger partial charge < -0.3 is 14.9 Å². The molecule has 0 spiro atoms. The summed E-state index contributed by atoms with van der Waals surface area (Å²) in [4.78, 5) is 0. The zero-order chi connectivity index (χ0) is 19.4. The summed E-state index contributed by atoms with van der Waals surface area (Å²) in [6, 6.07) is 0. The molecule has 0 radical (unpaired) electrons. The highest BCUT2D eigenvalue weighted by molar-refractivity contribution is 7.87. The summed E-state index contributed by atoms with van der Waals surface area (Å²) in [5, 5.41) is 19.2. The lowest BCUT2D eigenvalue weighted by atomic mass is 10.1. The lowest BCUT2D eigenvalue weighted by molar-refractivity contribution is -0.00840. The zero-order valence-electron chi connectivity index (χ0n) is 15.7. The smallest absolute Gasteiger partial charge is 0.279 e. The summed E-state index contributed by atoms with van der Waals surface area (Å²) in [6.07, 6.45) is 6.08. The summed E-state index contributed by atoms with van der Waals surface area (Å²) in [7, 11) is -3.88. The number of halogens is 1. The Hall–Kier alpha value is -0.320. The van der Waals surface area contributed by atoms with Crippen molar-refractivity contribution in [3.8, 4) is 0 Å². The van der Waals surface area contributed by atoms with E-state index in [1.807, 2.05) is 0 Å². The topological polar surface area (TPSA) is 108 Å². The number of aliphatic hydroxyl groups excluding tert-OH is 2. The van der Waals surface area contributed by atoms with Gasteiger partial charge in [-0.15, -0.1) is 0 Å². The number of nitrogens with one attached hydrogen (secondary N) is 2. The van der Waals surface area contributed by atoms with E-state index in [0.29, 0.717) is 0 Å². The van der Waals surface area contributed by atoms with Crippen molar-refractivity contribution in [2.45, 2.75) is 95.7 Å². The molecule has 0 saturated carbocycles. The number of aliphatic hydroxyl groups is 2. The Labute approximate surface area is 156 Å². The Bertz CT molecular complexity index is 466. The molecule has 1 fully saturated rings. The maximum absolute atomic E-state index is 12.6. The maximum atomic E-state index is 12.6. The van der Waals surface area contributed by atoms with Crippen LogP contribution >= 0.6 is 0 Å². The number of hydrogen-bond donors (Lipinski definition) is 4. The molecule has 4 atom stereocenters. The Kier molecular flexibility index (Phi) is 11.8. The van der Waals surface area contributed by atoms with Crippen molar-refractivity contribution in [3.05, 3.63) is 0 Å². The second kappa shape index (κ2) is 13.0. The van der Waals surface area contributed by atoms with E-state index >= 15 is 0 Å². The van der Waals surface area contributed by atoms with Crippen LogP contribution in [-0.4, -0.2) is 56.4 Å². The molecule has 9 heteroatoms. The van der Waals surface area contributed by atoms with Gasteiger partial charge in [0.25, 0.3) is 10.2 Å². The Morgan fingerprint density at radius 3 is 1.96 bits per heavy atom. The van der Waals surface area contributed by atoms with Gasteiger partial charge in [0, 0.05) is 6.54 Å². The van der Waals surface area contributed by atoms with E-state index in [0.717, 1.165) is 19.3 Å². The molecule has 1 aliphatic heterocycles. The van der Waals surface area contributed by atoms with Crippen LogP contribution in [0.4, 0.5) is 4.39 Å². The third kappa shape index (κ3) is 9.05. The minimum atomic E-state index is -3.88. The molecule has 0 amide bonds. The Morgan fingerprint density at radius 1 is 0.923 bits per heavy atom. The lowest BCUT2D eigenvalue weighted by Crippen LogP contribution is -2.48. The molecule has 1 unspecified atom stereocenters. The molecule has 156 valence electrons. The highest BCUT2D eigenvalue weighted by Gasteiger charge is 2.44. The second-order valence-electron chi connectivity index (χ2n) is 6.93. The van der Waals surface area contributed by atoms with Gasteiger partial charge in [-0.3, -0.25) is 0 Å². The molecule has 0 aromatic heterocycles. The Balaban J connectivity index is 2.08. The van der Waals surface area contributed by atoms with E-state index < -0.39 is 41.4 Å². The zero-order valence-corrected chi connectivity index (χ0v) is 16.5. The van der Waals surface area contributed by atoms with Crippen molar-refractivity contribution in [2.75, 3.05) is 13.2 Å². The first-order chi connectivity index (χ1) is 12.4. The average Bonchev–Trinajstić information content (AvgIpc) is 2.87. The quantitative estimate of drug-likeness (QED) is 0.314. The van der Waals surface area contributed by atoms with E-state index in [1.165, 1.54) is 44.9 Å². The number of alkyl halides is 1. The van der Waals surface area contributed by atoms with Gasteiger partial charge in [-0.25, -0.2) is 9.11 Å². The second-order valence-corrected chi connectivity index (χ2v) is 8.46. The molecular formula is C17H35FN2O5S. The van der Waals surface area contributed by atoms with E-state index in [4.69, 9.17) is 4.74 Å². The standard InChI is InChI=1S/C17H35FN2O5S/c1-2-3-4-5-6-7-8-9-10-11-12-19-26(23,24)20-17-16(22)15(21)14(13-18)25-17/h14-17,19-22H,2-13H2,1H3/t14-,15-,16+,17?/m1/s1. The van der Waals surface area contributed by atoms with Gasteiger partial charge in [-0.1, -0.05) is 64.7 Å². The van der Waals surface area contributed by atoms with Gasteiger partial charge in [0.1, 0.15) is 25.0 Å². The van der Waals surface area contributed by atoms with E-state index in [-0.39, 0.29) is 6.54 Å². The van der Waals surface area contributed by atoms with Crippen LogP contribution in [0.5, 0.6) is 0 Å². The summed E-state index contributed by atoms with van der Waals surface area (Å²) in [5.41, 5.74) is 0. The number of unbranched alkanes of at least 4 members (excludes halogenated alkanes) is 9. The van der Waals surface area contributed by atoms with Gasteiger partial charge >= 0.3 is 0 Å². The first-order valence-corrected chi connectivity index (χ1v) is 11.2. The monoisotopic (exact) mass is 398 g/mol. The molecule has 0 bridgehead atoms. The van der Waals surface area contributed by atoms with Crippen molar-refractivity contribution in [2.24, 2.45) is 0 Å². The fourth-order valence-corrected chi connectivity index (χ4v) is 3.98. The van der Waals surface area contributed by atoms with Crippen LogP contribution in [0.15, 0.2) is 0 Å². The number of ether oxygens (including phenoxy) is 1. The predicted octanol–water partition coefficient (Wildman–Crippen LogP) is 1.75. The summed E-state index contributed by atoms with van der Waals surface area (Å²) in [5.74, 6) is 0. The fraction of sp³-hybridized carbons (Fsp3) is 1.00. The molecule has 1 aliphatic rings. The van der Waals surface area contributed by atoms with Gasteiger partial charge in [0.05, 0.1) is 0 Å². The first-order valence-electron chi connectivity index (χ1n) is 9.75. The van der Waals surface area contributed by atoms with E-state index in [1.54, 1.807) is 0 Å².